The number of nitrogens with one attached hydrogen (secondary N) is 2. The van der Waals surface area contributed by atoms with E-state index in [2.05, 4.69) is 26.7 Å². The van der Waals surface area contributed by atoms with Gasteiger partial charge in [0.2, 0.25) is 5.96 Å². The van der Waals surface area contributed by atoms with Gasteiger partial charge in [0.25, 0.3) is 0 Å². The van der Waals surface area contributed by atoms with E-state index in [1.807, 2.05) is 6.07 Å². The van der Waals surface area contributed by atoms with Crippen molar-refractivity contribution < 1.29 is 4.74 Å². The normalized spacial score (nSPS) is 21.6. The molecule has 4 rings (SSSR count). The topological polar surface area (TPSA) is 75.2 Å². The number of aliphatic imine (C=N–C) groups is 1. The van der Waals surface area contributed by atoms with Crippen LogP contribution in [0.2, 0.25) is 0 Å². The van der Waals surface area contributed by atoms with E-state index in [1.165, 1.54) is 17.5 Å². The van der Waals surface area contributed by atoms with Crippen molar-refractivity contribution in [3.05, 3.63) is 28.5 Å². The van der Waals surface area contributed by atoms with Gasteiger partial charge in [0.15, 0.2) is 0 Å². The van der Waals surface area contributed by atoms with Gasteiger partial charge in [0.05, 0.1) is 24.6 Å². The molecule has 0 saturated carbocycles. The summed E-state index contributed by atoms with van der Waals surface area (Å²) in [5.41, 5.74) is 6.97. The highest BCUT2D eigenvalue weighted by Gasteiger charge is 2.19. The number of rotatable bonds is 5. The fraction of sp³-hybridized carbons (Fsp3) is 0.611. The lowest BCUT2D eigenvalue weighted by Gasteiger charge is -2.38. The summed E-state index contributed by atoms with van der Waals surface area (Å²) in [4.78, 5) is 6.95. The summed E-state index contributed by atoms with van der Waals surface area (Å²) in [5.74, 6) is 0.548. The van der Waals surface area contributed by atoms with Gasteiger partial charge in [-0.1, -0.05) is 0 Å². The molecule has 3 aliphatic rings. The Morgan fingerprint density at radius 2 is 1.92 bits per heavy atom. The Bertz CT molecular complexity index is 643. The summed E-state index contributed by atoms with van der Waals surface area (Å²) in [6.07, 6.45) is 5.47. The molecule has 0 unspecified atom stereocenters. The molecule has 136 valence electrons. The Balaban J connectivity index is 1.29. The summed E-state index contributed by atoms with van der Waals surface area (Å²) in [6, 6.07) is 4.11. The van der Waals surface area contributed by atoms with Gasteiger partial charge in [0, 0.05) is 19.6 Å². The fourth-order valence-corrected chi connectivity index (χ4v) is 3.73. The smallest absolute Gasteiger partial charge is 0.214 e. The first kappa shape index (κ1) is 16.6. The molecule has 1 aromatic rings. The van der Waals surface area contributed by atoms with Crippen LogP contribution in [0.3, 0.4) is 0 Å². The second kappa shape index (κ2) is 7.59. The molecular formula is C18H26N5O2-. The lowest BCUT2D eigenvalue weighted by molar-refractivity contribution is 0.0373. The summed E-state index contributed by atoms with van der Waals surface area (Å²) < 4.78 is 5.36. The van der Waals surface area contributed by atoms with Crippen LogP contribution in [0.25, 0.3) is 0 Å². The fourth-order valence-electron chi connectivity index (χ4n) is 3.73. The Hall–Kier alpha value is -1.83. The summed E-state index contributed by atoms with van der Waals surface area (Å²) >= 11 is 0. The maximum absolute atomic E-state index is 12.3. The third kappa shape index (κ3) is 3.89. The van der Waals surface area contributed by atoms with Crippen molar-refractivity contribution in [1.29, 1.82) is 0 Å². The number of hydrazine groups is 1. The van der Waals surface area contributed by atoms with Crippen molar-refractivity contribution in [2.24, 2.45) is 4.99 Å². The Morgan fingerprint density at radius 1 is 1.12 bits per heavy atom. The number of aryl methyl sites for hydroxylation is 2. The van der Waals surface area contributed by atoms with E-state index in [0.717, 1.165) is 69.4 Å². The van der Waals surface area contributed by atoms with Crippen LogP contribution in [0.5, 0.6) is 0 Å². The minimum atomic E-state index is 0.548. The number of unbranched alkanes of at least 4 members (excludes halogenated alkanes) is 1. The molecule has 0 aromatic heterocycles. The molecule has 1 aromatic carbocycles. The second-order valence-electron chi connectivity index (χ2n) is 6.91. The van der Waals surface area contributed by atoms with Crippen molar-refractivity contribution in [1.82, 2.24) is 10.3 Å². The SMILES string of the molecule is [O-]N1NC(=NCCCCN2CCOCC2)Nc2cc3c(cc21)CCC3. The van der Waals surface area contributed by atoms with Crippen molar-refractivity contribution in [3.8, 4) is 0 Å². The number of benzene rings is 1. The van der Waals surface area contributed by atoms with Crippen LogP contribution < -0.4 is 15.9 Å². The first-order chi connectivity index (χ1) is 12.3. The molecular weight excluding hydrogens is 318 g/mol. The third-order valence-electron chi connectivity index (χ3n) is 5.15. The van der Waals surface area contributed by atoms with Gasteiger partial charge in [-0.2, -0.15) is 0 Å². The highest BCUT2D eigenvalue weighted by molar-refractivity contribution is 6.01. The number of anilines is 2. The van der Waals surface area contributed by atoms with Crippen LogP contribution in [0.1, 0.15) is 30.4 Å². The molecule has 7 nitrogen and oxygen atoms in total. The molecule has 0 spiro atoms. The second-order valence-corrected chi connectivity index (χ2v) is 6.91. The Kier molecular flexibility index (Phi) is 5.05. The number of guanidine groups is 1. The van der Waals surface area contributed by atoms with Crippen LogP contribution in [0.15, 0.2) is 17.1 Å². The van der Waals surface area contributed by atoms with Gasteiger partial charge < -0.3 is 20.4 Å². The van der Waals surface area contributed by atoms with Gasteiger partial charge in [-0.3, -0.25) is 15.3 Å². The number of fused-ring (bicyclic) bond motifs is 2. The molecule has 0 amide bonds. The van der Waals surface area contributed by atoms with Crippen molar-refractivity contribution in [2.75, 3.05) is 49.9 Å². The number of nitrogens with zero attached hydrogens (tertiary/aromatic N) is 3. The average molecular weight is 344 g/mol. The molecule has 25 heavy (non-hydrogen) atoms. The molecule has 7 heteroatoms. The zero-order valence-corrected chi connectivity index (χ0v) is 14.6. The number of morpholine rings is 1. The lowest BCUT2D eigenvalue weighted by Crippen LogP contribution is -2.46. The van der Waals surface area contributed by atoms with E-state index in [0.29, 0.717) is 18.2 Å². The molecule has 0 bridgehead atoms. The maximum Gasteiger partial charge on any atom is 0.214 e. The molecule has 2 N–H and O–H groups in total. The molecule has 1 aliphatic carbocycles. The van der Waals surface area contributed by atoms with Crippen molar-refractivity contribution in [3.63, 3.8) is 0 Å². The van der Waals surface area contributed by atoms with E-state index >= 15 is 0 Å². The largest absolute Gasteiger partial charge is 0.739 e. The van der Waals surface area contributed by atoms with Gasteiger partial charge in [-0.15, -0.1) is 0 Å². The average Bonchev–Trinajstić information content (AvgIpc) is 3.08. The molecule has 0 atom stereocenters. The van der Waals surface area contributed by atoms with Crippen LogP contribution in [0.4, 0.5) is 11.4 Å². The minimum Gasteiger partial charge on any atom is -0.739 e. The first-order valence-corrected chi connectivity index (χ1v) is 9.31. The van der Waals surface area contributed by atoms with Crippen LogP contribution in [-0.2, 0) is 17.6 Å². The molecule has 1 fully saturated rings. The van der Waals surface area contributed by atoms with E-state index in [4.69, 9.17) is 4.74 Å². The molecule has 2 heterocycles. The van der Waals surface area contributed by atoms with Gasteiger partial charge in [-0.05, 0) is 61.9 Å². The van der Waals surface area contributed by atoms with Crippen LogP contribution in [-0.4, -0.2) is 50.3 Å². The summed E-state index contributed by atoms with van der Waals surface area (Å²) in [5, 5.41) is 16.4. The first-order valence-electron chi connectivity index (χ1n) is 9.31. The lowest BCUT2D eigenvalue weighted by atomic mass is 10.1. The quantitative estimate of drug-likeness (QED) is 0.795. The summed E-state index contributed by atoms with van der Waals surface area (Å²) in [6.45, 7) is 5.57. The Morgan fingerprint density at radius 3 is 2.76 bits per heavy atom. The van der Waals surface area contributed by atoms with E-state index in [1.54, 1.807) is 0 Å². The van der Waals surface area contributed by atoms with Gasteiger partial charge in [-0.25, -0.2) is 0 Å². The van der Waals surface area contributed by atoms with E-state index in [9.17, 15) is 5.21 Å². The van der Waals surface area contributed by atoms with Crippen molar-refractivity contribution in [2.45, 2.75) is 32.1 Å². The molecule has 0 radical (unpaired) electrons. The number of hydrogen-bond donors (Lipinski definition) is 2. The van der Waals surface area contributed by atoms with E-state index in [-0.39, 0.29) is 0 Å². The van der Waals surface area contributed by atoms with Crippen LogP contribution >= 0.6 is 0 Å². The Labute approximate surface area is 148 Å². The van der Waals surface area contributed by atoms with E-state index < -0.39 is 0 Å². The molecule has 1 saturated heterocycles. The van der Waals surface area contributed by atoms with Crippen molar-refractivity contribution >= 4 is 17.3 Å². The predicted octanol–water partition coefficient (Wildman–Crippen LogP) is 1.88. The predicted molar refractivity (Wildman–Crippen MR) is 99.9 cm³/mol. The van der Waals surface area contributed by atoms with Crippen LogP contribution in [0, 0.1) is 5.21 Å². The highest BCUT2D eigenvalue weighted by Crippen LogP contribution is 2.34. The minimum absolute atomic E-state index is 0.548. The van der Waals surface area contributed by atoms with Gasteiger partial charge in [0.1, 0.15) is 0 Å². The standard InChI is InChI=1S/C18H26N5O2/c24-23-17-13-15-5-3-4-14(15)12-16(17)20-18(21-23)19-6-1-2-7-22-8-10-25-11-9-22/h12-13H,1-11H2,(H2,19,20,21)/q-1. The maximum atomic E-state index is 12.3. The monoisotopic (exact) mass is 344 g/mol. The third-order valence-corrected chi connectivity index (χ3v) is 5.15. The highest BCUT2D eigenvalue weighted by atomic mass is 16.5. The number of ether oxygens (including phenoxy) is 1. The summed E-state index contributed by atoms with van der Waals surface area (Å²) in [7, 11) is 0. The zero-order chi connectivity index (χ0) is 17.1. The van der Waals surface area contributed by atoms with Gasteiger partial charge >= 0.3 is 0 Å². The molecule has 2 aliphatic heterocycles. The number of hydrogen-bond acceptors (Lipinski definition) is 5. The zero-order valence-electron chi connectivity index (χ0n) is 14.6.